The van der Waals surface area contributed by atoms with Crippen LogP contribution in [0.3, 0.4) is 0 Å². The first kappa shape index (κ1) is 33.1. The summed E-state index contributed by atoms with van der Waals surface area (Å²) in [5.41, 5.74) is 11.9. The first-order valence-electron chi connectivity index (χ1n) is 19.9. The molecule has 276 valence electrons. The Balaban J connectivity index is 1.14. The lowest BCUT2D eigenvalue weighted by Crippen LogP contribution is -2.01. The predicted molar refractivity (Wildman–Crippen MR) is 242 cm³/mol. The largest absolute Gasteiger partial charge is 0.316 e. The van der Waals surface area contributed by atoms with Gasteiger partial charge >= 0.3 is 0 Å². The zero-order valence-corrected chi connectivity index (χ0v) is 31.8. The van der Waals surface area contributed by atoms with Crippen molar-refractivity contribution in [3.05, 3.63) is 206 Å². The molecule has 0 aliphatic carbocycles. The van der Waals surface area contributed by atoms with Crippen LogP contribution in [0.5, 0.6) is 0 Å². The molecule has 12 aromatic rings. The average Bonchev–Trinajstić information content (AvgIpc) is 3.99. The Hall–Kier alpha value is -8.09. The molecule has 8 aromatic carbocycles. The van der Waals surface area contributed by atoms with Gasteiger partial charge in [0.25, 0.3) is 0 Å². The van der Waals surface area contributed by atoms with Crippen molar-refractivity contribution in [2.45, 2.75) is 0 Å². The van der Waals surface area contributed by atoms with E-state index >= 15 is 0 Å². The van der Waals surface area contributed by atoms with Gasteiger partial charge in [-0.1, -0.05) is 127 Å². The Morgan fingerprint density at radius 2 is 0.780 bits per heavy atom. The van der Waals surface area contributed by atoms with Gasteiger partial charge in [0.2, 0.25) is 0 Å². The molecule has 6 nitrogen and oxygen atoms in total. The smallest absolute Gasteiger partial charge is 0.164 e. The molecule has 0 atom stereocenters. The summed E-state index contributed by atoms with van der Waals surface area (Å²) in [6.45, 7) is 0. The minimum Gasteiger partial charge on any atom is -0.316 e. The highest BCUT2D eigenvalue weighted by Crippen LogP contribution is 2.43. The molecule has 0 bridgehead atoms. The molecule has 6 heteroatoms. The van der Waals surface area contributed by atoms with Crippen LogP contribution >= 0.6 is 0 Å². The molecule has 0 saturated carbocycles. The Labute approximate surface area is 339 Å². The first-order chi connectivity index (χ1) is 29.3. The van der Waals surface area contributed by atoms with Gasteiger partial charge in [-0.25, -0.2) is 15.0 Å². The highest BCUT2D eigenvalue weighted by Gasteiger charge is 2.22. The van der Waals surface area contributed by atoms with Crippen LogP contribution in [-0.4, -0.2) is 28.7 Å². The highest BCUT2D eigenvalue weighted by molar-refractivity contribution is 6.25. The topological polar surface area (TPSA) is 53.5 Å². The molecule has 0 N–H and O–H groups in total. The number of aromatic nitrogens is 6. The van der Waals surface area contributed by atoms with Gasteiger partial charge in [0.1, 0.15) is 0 Å². The molecule has 0 radical (unpaired) electrons. The molecular formula is C53H34N6. The number of hydrogen-bond acceptors (Lipinski definition) is 3. The number of rotatable bonds is 6. The first-order valence-corrected chi connectivity index (χ1v) is 19.9. The van der Waals surface area contributed by atoms with Gasteiger partial charge in [0, 0.05) is 66.9 Å². The van der Waals surface area contributed by atoms with E-state index in [4.69, 9.17) is 15.0 Å². The number of hydrogen-bond donors (Lipinski definition) is 0. The lowest BCUT2D eigenvalue weighted by Gasteiger charge is -2.13. The zero-order chi connectivity index (χ0) is 38.9. The maximum absolute atomic E-state index is 5.03. The molecule has 0 saturated heterocycles. The van der Waals surface area contributed by atoms with E-state index in [-0.39, 0.29) is 0 Å². The van der Waals surface area contributed by atoms with Gasteiger partial charge in [-0.15, -0.1) is 0 Å². The second-order valence-corrected chi connectivity index (χ2v) is 14.9. The van der Waals surface area contributed by atoms with Crippen molar-refractivity contribution in [3.63, 3.8) is 0 Å². The van der Waals surface area contributed by atoms with Crippen LogP contribution in [0.25, 0.3) is 106 Å². The van der Waals surface area contributed by atoms with Crippen LogP contribution in [0.1, 0.15) is 0 Å². The second kappa shape index (κ2) is 13.3. The van der Waals surface area contributed by atoms with Gasteiger partial charge in [0.15, 0.2) is 17.5 Å². The van der Waals surface area contributed by atoms with Crippen LogP contribution in [-0.2, 0) is 0 Å². The number of nitrogens with zero attached hydrogens (tertiary/aromatic N) is 6. The highest BCUT2D eigenvalue weighted by atomic mass is 15.1. The monoisotopic (exact) mass is 754 g/mol. The summed E-state index contributed by atoms with van der Waals surface area (Å²) in [6.07, 6.45) is 2.17. The summed E-state index contributed by atoms with van der Waals surface area (Å²) in [5, 5.41) is 6.02. The van der Waals surface area contributed by atoms with Gasteiger partial charge in [-0.2, -0.15) is 0 Å². The van der Waals surface area contributed by atoms with E-state index in [2.05, 4.69) is 159 Å². The van der Waals surface area contributed by atoms with Crippen LogP contribution < -0.4 is 0 Å². The van der Waals surface area contributed by atoms with E-state index in [0.717, 1.165) is 50.3 Å². The summed E-state index contributed by atoms with van der Waals surface area (Å²) in [4.78, 5) is 15.0. The lowest BCUT2D eigenvalue weighted by molar-refractivity contribution is 1.07. The molecule has 0 fully saturated rings. The van der Waals surface area contributed by atoms with Crippen molar-refractivity contribution < 1.29 is 0 Å². The molecule has 4 heterocycles. The third-order valence-electron chi connectivity index (χ3n) is 11.5. The van der Waals surface area contributed by atoms with E-state index < -0.39 is 0 Å². The molecule has 0 amide bonds. The summed E-state index contributed by atoms with van der Waals surface area (Å²) in [7, 11) is 0. The molecule has 59 heavy (non-hydrogen) atoms. The van der Waals surface area contributed by atoms with Crippen LogP contribution in [0.15, 0.2) is 206 Å². The molecule has 0 aliphatic rings. The molecule has 4 aromatic heterocycles. The Morgan fingerprint density at radius 3 is 1.39 bits per heavy atom. The second-order valence-electron chi connectivity index (χ2n) is 14.9. The lowest BCUT2D eigenvalue weighted by atomic mass is 10.1. The fourth-order valence-corrected chi connectivity index (χ4v) is 8.80. The third-order valence-corrected chi connectivity index (χ3v) is 11.5. The third kappa shape index (κ3) is 5.31. The number of fused-ring (bicyclic) bond motifs is 8. The molecule has 0 spiro atoms. The summed E-state index contributed by atoms with van der Waals surface area (Å²) in [6, 6.07) is 70.5. The fraction of sp³-hybridized carbons (Fsp3) is 0. The van der Waals surface area contributed by atoms with Crippen LogP contribution in [0.4, 0.5) is 0 Å². The maximum Gasteiger partial charge on any atom is 0.164 e. The predicted octanol–water partition coefficient (Wildman–Crippen LogP) is 13.0. The molecular weight excluding hydrogens is 721 g/mol. The SMILES string of the molecule is c1ccc(-c2nc(-c3ccccc3)nc(-c3ccc(-n4c5cc6c(ccn6-c6ccccc6)cc5c5ccc6c7ccccc7n(-c7ccccc7)c6c54)cc3)n2)cc1. The van der Waals surface area contributed by atoms with Crippen molar-refractivity contribution in [2.24, 2.45) is 0 Å². The standard InChI is InChI=1S/C53H34N6/c1-5-15-35(16-6-1)51-54-52(36-17-7-2-8-18-36)56-53(55-51)37-25-27-41(28-26-37)59-48-34-47-38(31-32-57(47)39-19-9-3-10-20-39)33-45(48)44-30-29-43-42-23-13-14-24-46(42)58(49(43)50(44)59)40-21-11-4-12-22-40/h1-34H. The quantitative estimate of drug-likeness (QED) is 0.170. The van der Waals surface area contributed by atoms with Crippen molar-refractivity contribution >= 4 is 54.5 Å². The van der Waals surface area contributed by atoms with Crippen molar-refractivity contribution in [2.75, 3.05) is 0 Å². The van der Waals surface area contributed by atoms with E-state index in [9.17, 15) is 0 Å². The van der Waals surface area contributed by atoms with Crippen LogP contribution in [0.2, 0.25) is 0 Å². The average molecular weight is 755 g/mol. The van der Waals surface area contributed by atoms with Gasteiger partial charge in [0.05, 0.1) is 27.6 Å². The van der Waals surface area contributed by atoms with Gasteiger partial charge in [-0.05, 0) is 72.8 Å². The normalized spacial score (nSPS) is 11.7. The minimum absolute atomic E-state index is 0.625. The van der Waals surface area contributed by atoms with Crippen molar-refractivity contribution in [1.29, 1.82) is 0 Å². The van der Waals surface area contributed by atoms with E-state index in [1.165, 1.54) is 38.0 Å². The minimum atomic E-state index is 0.625. The van der Waals surface area contributed by atoms with Crippen molar-refractivity contribution in [3.8, 4) is 51.2 Å². The summed E-state index contributed by atoms with van der Waals surface area (Å²) < 4.78 is 7.17. The Kier molecular flexibility index (Phi) is 7.43. The maximum atomic E-state index is 5.03. The van der Waals surface area contributed by atoms with Gasteiger partial charge < -0.3 is 13.7 Å². The Morgan fingerprint density at radius 1 is 0.305 bits per heavy atom. The van der Waals surface area contributed by atoms with E-state index in [0.29, 0.717) is 17.5 Å². The fourth-order valence-electron chi connectivity index (χ4n) is 8.80. The molecule has 0 aliphatic heterocycles. The van der Waals surface area contributed by atoms with E-state index in [1.807, 2.05) is 60.7 Å². The summed E-state index contributed by atoms with van der Waals surface area (Å²) in [5.74, 6) is 1.91. The number of para-hydroxylation sites is 3. The Bertz CT molecular complexity index is 3450. The molecule has 12 rings (SSSR count). The number of benzene rings is 8. The van der Waals surface area contributed by atoms with Gasteiger partial charge in [-0.3, -0.25) is 0 Å². The van der Waals surface area contributed by atoms with E-state index in [1.54, 1.807) is 0 Å². The van der Waals surface area contributed by atoms with Crippen LogP contribution in [0, 0.1) is 0 Å². The van der Waals surface area contributed by atoms with Crippen molar-refractivity contribution in [1.82, 2.24) is 28.7 Å². The zero-order valence-electron chi connectivity index (χ0n) is 31.8. The molecule has 0 unspecified atom stereocenters. The summed E-state index contributed by atoms with van der Waals surface area (Å²) >= 11 is 0.